The summed E-state index contributed by atoms with van der Waals surface area (Å²) < 4.78 is 33.5. The predicted molar refractivity (Wildman–Crippen MR) is 106 cm³/mol. The van der Waals surface area contributed by atoms with E-state index in [0.717, 1.165) is 11.3 Å². The maximum absolute atomic E-state index is 12.6. The van der Waals surface area contributed by atoms with E-state index in [-0.39, 0.29) is 4.90 Å². The second kappa shape index (κ2) is 8.22. The zero-order chi connectivity index (χ0) is 19.3. The Labute approximate surface area is 160 Å². The zero-order valence-electron chi connectivity index (χ0n) is 15.3. The summed E-state index contributed by atoms with van der Waals surface area (Å²) in [7, 11) is -3.66. The molecule has 1 N–H and O–H groups in total. The Morgan fingerprint density at radius 3 is 2.44 bits per heavy atom. The highest BCUT2D eigenvalue weighted by Crippen LogP contribution is 2.23. The average Bonchev–Trinajstić information content (AvgIpc) is 2.67. The minimum absolute atomic E-state index is 0.228. The molecule has 0 saturated carbocycles. The molecular formula is C21H22N2O3S. The third kappa shape index (κ3) is 5.08. The Hall–Kier alpha value is -2.86. The fraction of sp³-hybridized carbons (Fsp3) is 0.190. The summed E-state index contributed by atoms with van der Waals surface area (Å²) in [6.07, 6.45) is 1.70. The van der Waals surface area contributed by atoms with Crippen LogP contribution in [0.3, 0.4) is 0 Å². The highest BCUT2D eigenvalue weighted by Gasteiger charge is 2.15. The molecule has 0 aliphatic rings. The quantitative estimate of drug-likeness (QED) is 0.649. The van der Waals surface area contributed by atoms with Gasteiger partial charge in [0, 0.05) is 12.3 Å². The Bertz CT molecular complexity index is 985. The molecule has 2 aromatic carbocycles. The van der Waals surface area contributed by atoms with E-state index in [4.69, 9.17) is 4.74 Å². The second-order valence-corrected chi connectivity index (χ2v) is 8.15. The Morgan fingerprint density at radius 2 is 1.78 bits per heavy atom. The van der Waals surface area contributed by atoms with Gasteiger partial charge in [-0.2, -0.15) is 0 Å². The molecular weight excluding hydrogens is 360 g/mol. The van der Waals surface area contributed by atoms with Crippen molar-refractivity contribution in [1.29, 1.82) is 0 Å². The minimum Gasteiger partial charge on any atom is -0.487 e. The summed E-state index contributed by atoms with van der Waals surface area (Å²) in [5.74, 6) is 0.915. The fourth-order valence-corrected chi connectivity index (χ4v) is 3.59. The molecule has 0 aliphatic heterocycles. The smallest absolute Gasteiger partial charge is 0.261 e. The van der Waals surface area contributed by atoms with Crippen molar-refractivity contribution in [1.82, 2.24) is 4.98 Å². The molecule has 0 unspecified atom stereocenters. The van der Waals surface area contributed by atoms with E-state index < -0.39 is 10.0 Å². The van der Waals surface area contributed by atoms with E-state index in [1.54, 1.807) is 42.6 Å². The van der Waals surface area contributed by atoms with Gasteiger partial charge >= 0.3 is 0 Å². The first-order valence-electron chi connectivity index (χ1n) is 8.69. The summed E-state index contributed by atoms with van der Waals surface area (Å²) >= 11 is 0. The third-order valence-corrected chi connectivity index (χ3v) is 5.45. The van der Waals surface area contributed by atoms with Crippen molar-refractivity contribution in [3.05, 3.63) is 84.2 Å². The number of sulfonamides is 1. The van der Waals surface area contributed by atoms with Crippen molar-refractivity contribution in [2.24, 2.45) is 0 Å². The highest BCUT2D eigenvalue weighted by atomic mass is 32.2. The predicted octanol–water partition coefficient (Wildman–Crippen LogP) is 4.58. The maximum atomic E-state index is 12.6. The van der Waals surface area contributed by atoms with Gasteiger partial charge in [-0.15, -0.1) is 0 Å². The molecule has 0 spiro atoms. The van der Waals surface area contributed by atoms with Crippen LogP contribution in [0.25, 0.3) is 0 Å². The molecule has 0 amide bonds. The number of nitrogens with one attached hydrogen (secondary N) is 1. The molecule has 6 heteroatoms. The van der Waals surface area contributed by atoms with Crippen LogP contribution in [-0.2, 0) is 16.6 Å². The summed E-state index contributed by atoms with van der Waals surface area (Å²) in [6.45, 7) is 4.45. The number of anilines is 1. The van der Waals surface area contributed by atoms with Crippen LogP contribution in [0.4, 0.5) is 5.69 Å². The normalized spacial score (nSPS) is 11.4. The van der Waals surface area contributed by atoms with Crippen LogP contribution in [0, 0.1) is 0 Å². The van der Waals surface area contributed by atoms with E-state index in [2.05, 4.69) is 23.6 Å². The molecule has 0 saturated heterocycles. The van der Waals surface area contributed by atoms with Gasteiger partial charge in [-0.25, -0.2) is 8.42 Å². The molecule has 1 heterocycles. The Kier molecular flexibility index (Phi) is 5.76. The summed E-state index contributed by atoms with van der Waals surface area (Å²) in [5, 5.41) is 0. The van der Waals surface area contributed by atoms with Gasteiger partial charge < -0.3 is 4.74 Å². The molecule has 0 aliphatic carbocycles. The number of pyridine rings is 1. The van der Waals surface area contributed by atoms with Crippen LogP contribution in [0.2, 0.25) is 0 Å². The van der Waals surface area contributed by atoms with E-state index in [9.17, 15) is 8.42 Å². The van der Waals surface area contributed by atoms with Crippen molar-refractivity contribution < 1.29 is 13.2 Å². The first-order valence-corrected chi connectivity index (χ1v) is 10.2. The largest absolute Gasteiger partial charge is 0.487 e. The lowest BCUT2D eigenvalue weighted by molar-refractivity contribution is 0.301. The van der Waals surface area contributed by atoms with Crippen LogP contribution in [0.5, 0.6) is 5.75 Å². The number of nitrogens with zero attached hydrogens (tertiary/aromatic N) is 1. The molecule has 0 atom stereocenters. The van der Waals surface area contributed by atoms with Crippen LogP contribution in [-0.4, -0.2) is 13.4 Å². The molecule has 0 bridgehead atoms. The first kappa shape index (κ1) is 18.9. The lowest BCUT2D eigenvalue weighted by Gasteiger charge is -2.11. The highest BCUT2D eigenvalue weighted by molar-refractivity contribution is 7.92. The third-order valence-electron chi connectivity index (χ3n) is 4.06. The summed E-state index contributed by atoms with van der Waals surface area (Å²) in [6, 6.07) is 19.4. The van der Waals surface area contributed by atoms with Crippen LogP contribution < -0.4 is 9.46 Å². The molecule has 1 aromatic heterocycles. The molecule has 0 fully saturated rings. The number of hydrogen-bond donors (Lipinski definition) is 1. The standard InChI is InChI=1S/C21H22N2O3S/c1-16(2)17-9-11-21(12-10-17)27(24,25)23-18-7-5-8-20(14-18)26-15-19-6-3-4-13-22-19/h3-14,16,23H,15H2,1-2H3. The number of benzene rings is 2. The monoisotopic (exact) mass is 382 g/mol. The van der Waals surface area contributed by atoms with Crippen molar-refractivity contribution in [2.75, 3.05) is 4.72 Å². The summed E-state index contributed by atoms with van der Waals surface area (Å²) in [4.78, 5) is 4.43. The summed E-state index contributed by atoms with van der Waals surface area (Å²) in [5.41, 5.74) is 2.34. The lowest BCUT2D eigenvalue weighted by Crippen LogP contribution is -2.13. The van der Waals surface area contributed by atoms with Gasteiger partial charge in [0.25, 0.3) is 10.0 Å². The molecule has 3 rings (SSSR count). The van der Waals surface area contributed by atoms with Gasteiger partial charge in [0.2, 0.25) is 0 Å². The minimum atomic E-state index is -3.66. The van der Waals surface area contributed by atoms with Crippen molar-refractivity contribution in [3.63, 3.8) is 0 Å². The van der Waals surface area contributed by atoms with E-state index in [1.165, 1.54) is 0 Å². The zero-order valence-corrected chi connectivity index (χ0v) is 16.1. The Balaban J connectivity index is 1.71. The van der Waals surface area contributed by atoms with E-state index in [0.29, 0.717) is 24.0 Å². The van der Waals surface area contributed by atoms with E-state index in [1.807, 2.05) is 30.3 Å². The fourth-order valence-electron chi connectivity index (χ4n) is 2.54. The number of ether oxygens (including phenoxy) is 1. The van der Waals surface area contributed by atoms with Gasteiger partial charge in [0.15, 0.2) is 0 Å². The molecule has 27 heavy (non-hydrogen) atoms. The molecule has 5 nitrogen and oxygen atoms in total. The topological polar surface area (TPSA) is 68.3 Å². The van der Waals surface area contributed by atoms with Gasteiger partial charge in [0.05, 0.1) is 16.3 Å². The Morgan fingerprint density at radius 1 is 1.00 bits per heavy atom. The molecule has 140 valence electrons. The van der Waals surface area contributed by atoms with Crippen molar-refractivity contribution in [3.8, 4) is 5.75 Å². The maximum Gasteiger partial charge on any atom is 0.261 e. The van der Waals surface area contributed by atoms with E-state index >= 15 is 0 Å². The molecule has 0 radical (unpaired) electrons. The van der Waals surface area contributed by atoms with Gasteiger partial charge in [-0.1, -0.05) is 38.1 Å². The van der Waals surface area contributed by atoms with Crippen molar-refractivity contribution in [2.45, 2.75) is 31.3 Å². The SMILES string of the molecule is CC(C)c1ccc(S(=O)(=O)Nc2cccc(OCc3ccccn3)c2)cc1. The average molecular weight is 382 g/mol. The van der Waals surface area contributed by atoms with Crippen molar-refractivity contribution >= 4 is 15.7 Å². The molecule has 3 aromatic rings. The van der Waals surface area contributed by atoms with Gasteiger partial charge in [-0.3, -0.25) is 9.71 Å². The number of hydrogen-bond acceptors (Lipinski definition) is 4. The second-order valence-electron chi connectivity index (χ2n) is 6.47. The number of aromatic nitrogens is 1. The first-order chi connectivity index (χ1) is 12.9. The van der Waals surface area contributed by atoms with Gasteiger partial charge in [-0.05, 0) is 47.9 Å². The lowest BCUT2D eigenvalue weighted by atomic mass is 10.0. The van der Waals surface area contributed by atoms with Crippen LogP contribution in [0.1, 0.15) is 31.0 Å². The number of rotatable bonds is 7. The van der Waals surface area contributed by atoms with Crippen LogP contribution >= 0.6 is 0 Å². The van der Waals surface area contributed by atoms with Crippen LogP contribution in [0.15, 0.2) is 77.8 Å². The van der Waals surface area contributed by atoms with Gasteiger partial charge in [0.1, 0.15) is 12.4 Å².